The van der Waals surface area contributed by atoms with E-state index in [1.165, 1.54) is 35.2 Å². The topological polar surface area (TPSA) is 86.8 Å². The molecule has 40 heavy (non-hydrogen) atoms. The largest absolute Gasteiger partial charge is 0.352 e. The molecule has 3 rings (SSSR count). The number of sulfonamides is 1. The third-order valence-corrected chi connectivity index (χ3v) is 8.92. The summed E-state index contributed by atoms with van der Waals surface area (Å²) in [7, 11) is -4.19. The number of carbonyl (C=O) groups is 2. The van der Waals surface area contributed by atoms with Crippen LogP contribution in [0.1, 0.15) is 39.2 Å². The second kappa shape index (κ2) is 14.5. The molecule has 2 atom stereocenters. The highest BCUT2D eigenvalue weighted by Gasteiger charge is 2.33. The van der Waals surface area contributed by atoms with Crippen LogP contribution in [0.2, 0.25) is 10.0 Å². The number of nitrogens with zero attached hydrogens (tertiary/aromatic N) is 2. The van der Waals surface area contributed by atoms with Crippen molar-refractivity contribution in [1.29, 1.82) is 0 Å². The third-order valence-electron chi connectivity index (χ3n) is 6.65. The van der Waals surface area contributed by atoms with Gasteiger partial charge in [-0.3, -0.25) is 13.9 Å². The maximum absolute atomic E-state index is 14.0. The van der Waals surface area contributed by atoms with E-state index in [0.29, 0.717) is 22.9 Å². The Balaban J connectivity index is 2.01. The van der Waals surface area contributed by atoms with Crippen LogP contribution in [0.15, 0.2) is 83.8 Å². The molecule has 0 aromatic heterocycles. The number of halogens is 2. The molecule has 0 spiro atoms. The Morgan fingerprint density at radius 2 is 1.55 bits per heavy atom. The number of carbonyl (C=O) groups excluding carboxylic acids is 2. The van der Waals surface area contributed by atoms with E-state index in [2.05, 4.69) is 5.32 Å². The van der Waals surface area contributed by atoms with Crippen molar-refractivity contribution in [2.24, 2.45) is 0 Å². The van der Waals surface area contributed by atoms with Gasteiger partial charge < -0.3 is 10.2 Å². The van der Waals surface area contributed by atoms with Gasteiger partial charge in [0.25, 0.3) is 10.0 Å². The zero-order chi connectivity index (χ0) is 29.3. The molecular formula is C30H35Cl2N3O4S. The lowest BCUT2D eigenvalue weighted by molar-refractivity contribution is -0.139. The smallest absolute Gasteiger partial charge is 0.264 e. The number of anilines is 1. The summed E-state index contributed by atoms with van der Waals surface area (Å²) in [5.41, 5.74) is 1.23. The van der Waals surface area contributed by atoms with Crippen molar-refractivity contribution in [2.45, 2.75) is 57.0 Å². The third kappa shape index (κ3) is 8.22. The number of rotatable bonds is 13. The Kier molecular flexibility index (Phi) is 11.4. The fraction of sp³-hybridized carbons (Fsp3) is 0.333. The first kappa shape index (κ1) is 31.5. The van der Waals surface area contributed by atoms with Crippen LogP contribution in [0, 0.1) is 0 Å². The van der Waals surface area contributed by atoms with E-state index in [9.17, 15) is 18.0 Å². The van der Waals surface area contributed by atoms with Crippen molar-refractivity contribution < 1.29 is 18.0 Å². The van der Waals surface area contributed by atoms with Crippen LogP contribution in [-0.4, -0.2) is 50.3 Å². The van der Waals surface area contributed by atoms with Crippen molar-refractivity contribution in [2.75, 3.05) is 17.4 Å². The summed E-state index contributed by atoms with van der Waals surface area (Å²) in [4.78, 5) is 28.8. The van der Waals surface area contributed by atoms with Crippen LogP contribution in [0.5, 0.6) is 0 Å². The molecular weight excluding hydrogens is 569 g/mol. The van der Waals surface area contributed by atoms with Crippen molar-refractivity contribution in [3.05, 3.63) is 94.5 Å². The lowest BCUT2D eigenvalue weighted by atomic mass is 10.1. The van der Waals surface area contributed by atoms with Crippen LogP contribution in [0.4, 0.5) is 5.69 Å². The Bertz CT molecular complexity index is 1390. The van der Waals surface area contributed by atoms with E-state index in [4.69, 9.17) is 23.2 Å². The van der Waals surface area contributed by atoms with Crippen LogP contribution < -0.4 is 9.62 Å². The molecule has 10 heteroatoms. The van der Waals surface area contributed by atoms with Gasteiger partial charge in [-0.25, -0.2) is 8.42 Å². The molecule has 214 valence electrons. The maximum atomic E-state index is 14.0. The Morgan fingerprint density at radius 1 is 0.875 bits per heavy atom. The molecule has 2 unspecified atom stereocenters. The minimum Gasteiger partial charge on any atom is -0.352 e. The molecule has 3 aromatic rings. The molecule has 0 aliphatic heterocycles. The Morgan fingerprint density at radius 3 is 2.15 bits per heavy atom. The van der Waals surface area contributed by atoms with Crippen molar-refractivity contribution in [3.63, 3.8) is 0 Å². The molecule has 0 radical (unpaired) electrons. The minimum absolute atomic E-state index is 0.0259. The lowest BCUT2D eigenvalue weighted by Gasteiger charge is -2.33. The second-order valence-electron chi connectivity index (χ2n) is 9.51. The van der Waals surface area contributed by atoms with Crippen molar-refractivity contribution in [3.8, 4) is 0 Å². The highest BCUT2D eigenvalue weighted by Crippen LogP contribution is 2.27. The fourth-order valence-corrected chi connectivity index (χ4v) is 5.95. The maximum Gasteiger partial charge on any atom is 0.264 e. The van der Waals surface area contributed by atoms with Crippen LogP contribution in [-0.2, 0) is 26.0 Å². The van der Waals surface area contributed by atoms with Crippen LogP contribution >= 0.6 is 23.2 Å². The van der Waals surface area contributed by atoms with Gasteiger partial charge in [-0.15, -0.1) is 0 Å². The van der Waals surface area contributed by atoms with Gasteiger partial charge >= 0.3 is 0 Å². The zero-order valence-corrected chi connectivity index (χ0v) is 25.2. The van der Waals surface area contributed by atoms with Gasteiger partial charge in [-0.2, -0.15) is 0 Å². The molecule has 7 nitrogen and oxygen atoms in total. The normalized spacial score (nSPS) is 12.8. The van der Waals surface area contributed by atoms with E-state index < -0.39 is 28.5 Å². The highest BCUT2D eigenvalue weighted by molar-refractivity contribution is 7.92. The first-order chi connectivity index (χ1) is 19.1. The predicted molar refractivity (Wildman–Crippen MR) is 161 cm³/mol. The van der Waals surface area contributed by atoms with E-state index in [-0.39, 0.29) is 29.1 Å². The lowest BCUT2D eigenvalue weighted by Crippen LogP contribution is -2.54. The molecule has 3 aromatic carbocycles. The first-order valence-electron chi connectivity index (χ1n) is 13.2. The molecule has 1 N–H and O–H groups in total. The summed E-state index contributed by atoms with van der Waals surface area (Å²) < 4.78 is 28.7. The molecule has 0 aliphatic carbocycles. The van der Waals surface area contributed by atoms with Gasteiger partial charge in [-0.05, 0) is 74.2 Å². The second-order valence-corrected chi connectivity index (χ2v) is 12.2. The van der Waals surface area contributed by atoms with Gasteiger partial charge in [0.1, 0.15) is 12.6 Å². The summed E-state index contributed by atoms with van der Waals surface area (Å²) >= 11 is 12.2. The average Bonchev–Trinajstić information content (AvgIpc) is 2.94. The van der Waals surface area contributed by atoms with Crippen LogP contribution in [0.3, 0.4) is 0 Å². The van der Waals surface area contributed by atoms with Gasteiger partial charge in [0.15, 0.2) is 0 Å². The molecule has 0 fully saturated rings. The van der Waals surface area contributed by atoms with Gasteiger partial charge in [0.2, 0.25) is 11.8 Å². The van der Waals surface area contributed by atoms with Crippen molar-refractivity contribution in [1.82, 2.24) is 10.2 Å². The molecule has 0 aliphatic rings. The van der Waals surface area contributed by atoms with Crippen LogP contribution in [0.25, 0.3) is 0 Å². The number of amides is 2. The van der Waals surface area contributed by atoms with Crippen molar-refractivity contribution >= 4 is 50.7 Å². The number of hydrogen-bond donors (Lipinski definition) is 1. The van der Waals surface area contributed by atoms with Gasteiger partial charge in [-0.1, -0.05) is 73.4 Å². The summed E-state index contributed by atoms with van der Waals surface area (Å²) in [5.74, 6) is -0.771. The van der Waals surface area contributed by atoms with E-state index in [1.807, 2.05) is 51.1 Å². The summed E-state index contributed by atoms with van der Waals surface area (Å²) in [6, 6.07) is 20.8. The SMILES string of the molecule is CCC(C)NC(=O)C(CC)N(CCc1ccccc1)C(=O)CN(c1cccc(Cl)c1)S(=O)(=O)c1ccc(Cl)cc1. The summed E-state index contributed by atoms with van der Waals surface area (Å²) in [5, 5.41) is 3.68. The minimum atomic E-state index is -4.19. The molecule has 0 bridgehead atoms. The quantitative estimate of drug-likeness (QED) is 0.261. The number of hydrogen-bond acceptors (Lipinski definition) is 4. The molecule has 0 saturated carbocycles. The standard InChI is InChI=1S/C30H35Cl2N3O4S/c1-4-22(3)33-30(37)28(5-2)34(19-18-23-10-7-6-8-11-23)29(36)21-35(26-13-9-12-25(32)20-26)40(38,39)27-16-14-24(31)15-17-27/h6-17,20,22,28H,4-5,18-19,21H2,1-3H3,(H,33,37). The molecule has 0 heterocycles. The number of benzene rings is 3. The highest BCUT2D eigenvalue weighted by atomic mass is 35.5. The van der Waals surface area contributed by atoms with E-state index in [1.54, 1.807) is 18.2 Å². The number of nitrogens with one attached hydrogen (secondary N) is 1. The fourth-order valence-electron chi connectivity index (χ4n) is 4.23. The predicted octanol–water partition coefficient (Wildman–Crippen LogP) is 5.95. The Labute approximate surface area is 247 Å². The molecule has 2 amide bonds. The van der Waals surface area contributed by atoms with Gasteiger partial charge in [0, 0.05) is 22.6 Å². The monoisotopic (exact) mass is 603 g/mol. The molecule has 0 saturated heterocycles. The summed E-state index contributed by atoms with van der Waals surface area (Å²) in [6.07, 6.45) is 1.60. The van der Waals surface area contributed by atoms with Gasteiger partial charge in [0.05, 0.1) is 10.6 Å². The first-order valence-corrected chi connectivity index (χ1v) is 15.4. The zero-order valence-electron chi connectivity index (χ0n) is 22.9. The Hall–Kier alpha value is -3.07. The van der Waals surface area contributed by atoms with E-state index >= 15 is 0 Å². The summed E-state index contributed by atoms with van der Waals surface area (Å²) in [6.45, 7) is 5.42. The average molecular weight is 605 g/mol. The van der Waals surface area contributed by atoms with E-state index in [0.717, 1.165) is 16.3 Å².